The van der Waals surface area contributed by atoms with Crippen LogP contribution in [0.25, 0.3) is 0 Å². The Labute approximate surface area is 130 Å². The lowest BCUT2D eigenvalue weighted by Crippen LogP contribution is -2.38. The van der Waals surface area contributed by atoms with E-state index in [1.807, 2.05) is 18.2 Å². The zero-order valence-corrected chi connectivity index (χ0v) is 13.2. The molecule has 1 aliphatic heterocycles. The first-order valence-corrected chi connectivity index (χ1v) is 8.09. The van der Waals surface area contributed by atoms with Gasteiger partial charge in [0.15, 0.2) is 0 Å². The van der Waals surface area contributed by atoms with E-state index in [2.05, 4.69) is 38.3 Å². The highest BCUT2D eigenvalue weighted by molar-refractivity contribution is 9.10. The van der Waals surface area contributed by atoms with Crippen molar-refractivity contribution in [2.24, 2.45) is 5.92 Å². The maximum atomic E-state index is 11.3. The third-order valence-electron chi connectivity index (χ3n) is 3.56. The van der Waals surface area contributed by atoms with E-state index in [-0.39, 0.29) is 5.92 Å². The number of para-hydroxylation sites is 1. The van der Waals surface area contributed by atoms with Gasteiger partial charge in [0.2, 0.25) is 0 Å². The number of carboxylic acids is 1. The fourth-order valence-corrected chi connectivity index (χ4v) is 4.09. The predicted octanol–water partition coefficient (Wildman–Crippen LogP) is 3.77. The number of carbonyl (C=O) groups is 1. The van der Waals surface area contributed by atoms with E-state index in [9.17, 15) is 9.90 Å². The van der Waals surface area contributed by atoms with Gasteiger partial charge in [-0.2, -0.15) is 0 Å². The van der Waals surface area contributed by atoms with Crippen LogP contribution in [0.2, 0.25) is 0 Å². The molecule has 0 amide bonds. The highest BCUT2D eigenvalue weighted by Gasteiger charge is 2.28. The second-order valence-electron chi connectivity index (χ2n) is 4.98. The molecule has 5 heteroatoms. The van der Waals surface area contributed by atoms with Crippen LogP contribution in [0, 0.1) is 5.92 Å². The summed E-state index contributed by atoms with van der Waals surface area (Å²) >= 11 is 5.15. The molecule has 1 aliphatic rings. The van der Waals surface area contributed by atoms with Gasteiger partial charge in [0, 0.05) is 27.0 Å². The number of hydrogen-bond donors (Lipinski definition) is 1. The van der Waals surface area contributed by atoms with E-state index in [0.29, 0.717) is 13.0 Å². The van der Waals surface area contributed by atoms with Gasteiger partial charge in [-0.05, 0) is 40.0 Å². The molecular weight excluding hydrogens is 338 g/mol. The summed E-state index contributed by atoms with van der Waals surface area (Å²) in [6, 6.07) is 10.2. The Morgan fingerprint density at radius 1 is 1.45 bits per heavy atom. The molecule has 2 aromatic rings. The van der Waals surface area contributed by atoms with E-state index in [1.165, 1.54) is 4.88 Å². The Morgan fingerprint density at radius 3 is 2.95 bits per heavy atom. The number of hydrogen-bond acceptors (Lipinski definition) is 3. The van der Waals surface area contributed by atoms with Gasteiger partial charge in [-0.3, -0.25) is 4.79 Å². The smallest absolute Gasteiger partial charge is 0.308 e. The number of thiophene rings is 1. The topological polar surface area (TPSA) is 40.5 Å². The van der Waals surface area contributed by atoms with Crippen LogP contribution in [0.15, 0.2) is 40.2 Å². The van der Waals surface area contributed by atoms with Crippen LogP contribution in [-0.4, -0.2) is 17.6 Å². The first-order chi connectivity index (χ1) is 9.63. The van der Waals surface area contributed by atoms with Crippen molar-refractivity contribution >= 4 is 38.9 Å². The van der Waals surface area contributed by atoms with Crippen LogP contribution in [-0.2, 0) is 17.8 Å². The molecule has 2 heterocycles. The largest absolute Gasteiger partial charge is 0.481 e. The van der Waals surface area contributed by atoms with Crippen molar-refractivity contribution in [3.05, 3.63) is 50.6 Å². The minimum absolute atomic E-state index is 0.326. The van der Waals surface area contributed by atoms with Crippen molar-refractivity contribution < 1.29 is 9.90 Å². The van der Waals surface area contributed by atoms with Crippen LogP contribution in [0.4, 0.5) is 5.69 Å². The molecule has 3 rings (SSSR count). The Balaban J connectivity index is 1.90. The predicted molar refractivity (Wildman–Crippen MR) is 84.3 cm³/mol. The molecule has 1 N–H and O–H groups in total. The number of halogens is 1. The molecule has 0 spiro atoms. The van der Waals surface area contributed by atoms with Crippen LogP contribution in [0.1, 0.15) is 10.4 Å². The third kappa shape index (κ3) is 2.74. The van der Waals surface area contributed by atoms with Gasteiger partial charge in [0.1, 0.15) is 0 Å². The average Bonchev–Trinajstić information content (AvgIpc) is 2.84. The second-order valence-corrected chi connectivity index (χ2v) is 6.89. The van der Waals surface area contributed by atoms with Gasteiger partial charge in [0.05, 0.1) is 12.5 Å². The molecule has 3 nitrogen and oxygen atoms in total. The van der Waals surface area contributed by atoms with E-state index < -0.39 is 5.97 Å². The van der Waals surface area contributed by atoms with Crippen LogP contribution in [0.3, 0.4) is 0 Å². The molecule has 0 fully saturated rings. The van der Waals surface area contributed by atoms with Gasteiger partial charge >= 0.3 is 5.97 Å². The normalized spacial score (nSPS) is 17.9. The number of nitrogens with zero attached hydrogens (tertiary/aromatic N) is 1. The Hall–Kier alpha value is -1.33. The number of anilines is 1. The molecule has 0 saturated carbocycles. The molecule has 1 aromatic heterocycles. The Bertz CT molecular complexity index is 640. The lowest BCUT2D eigenvalue weighted by molar-refractivity contribution is -0.141. The maximum Gasteiger partial charge on any atom is 0.308 e. The summed E-state index contributed by atoms with van der Waals surface area (Å²) in [6.07, 6.45) is 0.621. The molecule has 0 aliphatic carbocycles. The molecule has 104 valence electrons. The summed E-state index contributed by atoms with van der Waals surface area (Å²) in [7, 11) is 0. The molecule has 0 bridgehead atoms. The zero-order valence-electron chi connectivity index (χ0n) is 10.8. The Kier molecular flexibility index (Phi) is 3.81. The molecule has 0 saturated heterocycles. The maximum absolute atomic E-state index is 11.3. The summed E-state index contributed by atoms with van der Waals surface area (Å²) in [5.74, 6) is -1.04. The van der Waals surface area contributed by atoms with Gasteiger partial charge in [-0.25, -0.2) is 0 Å². The van der Waals surface area contributed by atoms with Crippen molar-refractivity contribution in [3.8, 4) is 0 Å². The average molecular weight is 352 g/mol. The van der Waals surface area contributed by atoms with Crippen molar-refractivity contribution in [2.75, 3.05) is 11.4 Å². The number of benzene rings is 1. The minimum Gasteiger partial charge on any atom is -0.481 e. The van der Waals surface area contributed by atoms with Crippen LogP contribution < -0.4 is 4.90 Å². The van der Waals surface area contributed by atoms with Gasteiger partial charge in [0.25, 0.3) is 0 Å². The van der Waals surface area contributed by atoms with Gasteiger partial charge < -0.3 is 10.0 Å². The summed E-state index contributed by atoms with van der Waals surface area (Å²) in [5, 5.41) is 11.4. The molecule has 0 radical (unpaired) electrons. The van der Waals surface area contributed by atoms with Crippen LogP contribution >= 0.6 is 27.3 Å². The quantitative estimate of drug-likeness (QED) is 0.914. The molecule has 1 aromatic carbocycles. The minimum atomic E-state index is -0.711. The zero-order chi connectivity index (χ0) is 14.1. The molecule has 20 heavy (non-hydrogen) atoms. The first kappa shape index (κ1) is 13.6. The van der Waals surface area contributed by atoms with E-state index in [1.54, 1.807) is 11.3 Å². The number of aliphatic carboxylic acids is 1. The lowest BCUT2D eigenvalue weighted by Gasteiger charge is -2.34. The second kappa shape index (κ2) is 5.58. The Morgan fingerprint density at radius 2 is 2.25 bits per heavy atom. The summed E-state index contributed by atoms with van der Waals surface area (Å²) in [4.78, 5) is 14.7. The highest BCUT2D eigenvalue weighted by atomic mass is 79.9. The lowest BCUT2D eigenvalue weighted by atomic mass is 9.92. The van der Waals surface area contributed by atoms with Crippen molar-refractivity contribution in [1.29, 1.82) is 0 Å². The summed E-state index contributed by atoms with van der Waals surface area (Å²) in [5.41, 5.74) is 2.29. The van der Waals surface area contributed by atoms with E-state index in [0.717, 1.165) is 22.3 Å². The first-order valence-electron chi connectivity index (χ1n) is 6.42. The van der Waals surface area contributed by atoms with Gasteiger partial charge in [-0.1, -0.05) is 18.2 Å². The van der Waals surface area contributed by atoms with E-state index >= 15 is 0 Å². The highest BCUT2D eigenvalue weighted by Crippen LogP contribution is 2.32. The standard InChI is InChI=1S/C15H14BrNO2S/c16-12-6-13(20-9-12)8-17-7-11(15(18)19)5-10-3-1-2-4-14(10)17/h1-4,6,9,11H,5,7-8H2,(H,18,19). The van der Waals surface area contributed by atoms with Crippen molar-refractivity contribution in [1.82, 2.24) is 0 Å². The number of carboxylic acid groups (broad SMARTS) is 1. The fraction of sp³-hybridized carbons (Fsp3) is 0.267. The number of fused-ring (bicyclic) bond motifs is 1. The van der Waals surface area contributed by atoms with Crippen LogP contribution in [0.5, 0.6) is 0 Å². The summed E-state index contributed by atoms with van der Waals surface area (Å²) in [6.45, 7) is 1.33. The number of rotatable bonds is 3. The fourth-order valence-electron chi connectivity index (χ4n) is 2.63. The molecule has 1 unspecified atom stereocenters. The summed E-state index contributed by atoms with van der Waals surface area (Å²) < 4.78 is 1.08. The van der Waals surface area contributed by atoms with Crippen molar-refractivity contribution in [2.45, 2.75) is 13.0 Å². The molecule has 1 atom stereocenters. The SMILES string of the molecule is O=C(O)C1Cc2ccccc2N(Cc2cc(Br)cs2)C1. The van der Waals surface area contributed by atoms with Gasteiger partial charge in [-0.15, -0.1) is 11.3 Å². The molecular formula is C15H14BrNO2S. The monoisotopic (exact) mass is 351 g/mol. The van der Waals surface area contributed by atoms with E-state index in [4.69, 9.17) is 0 Å². The third-order valence-corrected chi connectivity index (χ3v) is 5.24. The van der Waals surface area contributed by atoms with Crippen molar-refractivity contribution in [3.63, 3.8) is 0 Å².